The van der Waals surface area contributed by atoms with Gasteiger partial charge in [0.15, 0.2) is 0 Å². The maximum absolute atomic E-state index is 12.9. The van der Waals surface area contributed by atoms with Crippen molar-refractivity contribution >= 4 is 0 Å². The maximum atomic E-state index is 12.9. The zero-order valence-corrected chi connectivity index (χ0v) is 6.53. The quantitative estimate of drug-likeness (QED) is 0.288. The Morgan fingerprint density at radius 1 is 1.75 bits per heavy atom. The number of nitrogens with zero attached hydrogens (tertiary/aromatic N) is 4. The summed E-state index contributed by atoms with van der Waals surface area (Å²) in [5, 5.41) is 3.26. The highest BCUT2D eigenvalue weighted by Crippen LogP contribution is 2.10. The van der Waals surface area contributed by atoms with E-state index in [-0.39, 0.29) is 6.54 Å². The zero-order chi connectivity index (χ0) is 8.97. The van der Waals surface area contributed by atoms with E-state index in [1.54, 1.807) is 13.0 Å². The summed E-state index contributed by atoms with van der Waals surface area (Å²) in [4.78, 5) is 5.99. The van der Waals surface area contributed by atoms with Gasteiger partial charge in [-0.3, -0.25) is 0 Å². The third-order valence-corrected chi connectivity index (χ3v) is 1.53. The van der Waals surface area contributed by atoms with Crippen molar-refractivity contribution in [2.24, 2.45) is 5.11 Å². The standard InChI is InChI=1S/C7H7FN4/c1-5-2-3-10-7(8)6(5)4-11-12-9/h2-3H,4H2,1H3. The van der Waals surface area contributed by atoms with Crippen molar-refractivity contribution in [1.82, 2.24) is 4.98 Å². The Kier molecular flexibility index (Phi) is 2.61. The molecule has 0 radical (unpaired) electrons. The van der Waals surface area contributed by atoms with Gasteiger partial charge in [-0.2, -0.15) is 4.39 Å². The summed E-state index contributed by atoms with van der Waals surface area (Å²) in [7, 11) is 0. The van der Waals surface area contributed by atoms with E-state index in [0.29, 0.717) is 5.56 Å². The van der Waals surface area contributed by atoms with Gasteiger partial charge >= 0.3 is 0 Å². The first-order valence-corrected chi connectivity index (χ1v) is 3.36. The summed E-state index contributed by atoms with van der Waals surface area (Å²) in [6, 6.07) is 1.67. The Labute approximate surface area is 68.7 Å². The number of halogens is 1. The fourth-order valence-electron chi connectivity index (χ4n) is 0.848. The largest absolute Gasteiger partial charge is 0.228 e. The molecule has 1 aromatic heterocycles. The minimum absolute atomic E-state index is 0.0159. The third-order valence-electron chi connectivity index (χ3n) is 1.53. The Bertz CT molecular complexity index is 310. The topological polar surface area (TPSA) is 61.7 Å². The average molecular weight is 166 g/mol. The lowest BCUT2D eigenvalue weighted by molar-refractivity contribution is 0.565. The molecule has 0 spiro atoms. The van der Waals surface area contributed by atoms with Gasteiger partial charge in [-0.1, -0.05) is 5.11 Å². The third kappa shape index (κ3) is 1.71. The van der Waals surface area contributed by atoms with Crippen molar-refractivity contribution in [2.75, 3.05) is 0 Å². The summed E-state index contributed by atoms with van der Waals surface area (Å²) in [6.07, 6.45) is 1.38. The second kappa shape index (κ2) is 3.69. The first kappa shape index (κ1) is 8.49. The van der Waals surface area contributed by atoms with E-state index in [9.17, 15) is 4.39 Å². The monoisotopic (exact) mass is 166 g/mol. The van der Waals surface area contributed by atoms with Crippen LogP contribution in [0.1, 0.15) is 11.1 Å². The van der Waals surface area contributed by atoms with E-state index in [1.807, 2.05) is 0 Å². The van der Waals surface area contributed by atoms with Crippen LogP contribution in [0.25, 0.3) is 10.4 Å². The summed E-state index contributed by atoms with van der Waals surface area (Å²) in [6.45, 7) is 1.76. The number of aryl methyl sites for hydroxylation is 1. The zero-order valence-electron chi connectivity index (χ0n) is 6.53. The van der Waals surface area contributed by atoms with Gasteiger partial charge in [0, 0.05) is 16.7 Å². The first-order chi connectivity index (χ1) is 5.75. The summed E-state index contributed by atoms with van der Waals surface area (Å²) in [5.74, 6) is -0.567. The molecule has 0 saturated heterocycles. The molecule has 1 aromatic rings. The van der Waals surface area contributed by atoms with Crippen LogP contribution in [0.5, 0.6) is 0 Å². The number of aromatic nitrogens is 1. The van der Waals surface area contributed by atoms with Crippen molar-refractivity contribution < 1.29 is 4.39 Å². The maximum Gasteiger partial charge on any atom is 0.216 e. The summed E-state index contributed by atoms with van der Waals surface area (Å²) < 4.78 is 12.9. The van der Waals surface area contributed by atoms with Crippen LogP contribution in [0.4, 0.5) is 4.39 Å². The first-order valence-electron chi connectivity index (χ1n) is 3.36. The summed E-state index contributed by atoms with van der Waals surface area (Å²) >= 11 is 0. The Morgan fingerprint density at radius 2 is 2.50 bits per heavy atom. The molecule has 12 heavy (non-hydrogen) atoms. The number of hydrogen-bond acceptors (Lipinski definition) is 2. The summed E-state index contributed by atoms with van der Waals surface area (Å²) in [5.41, 5.74) is 9.13. The van der Waals surface area contributed by atoms with Crippen molar-refractivity contribution in [3.8, 4) is 0 Å². The van der Waals surface area contributed by atoms with Gasteiger partial charge < -0.3 is 0 Å². The van der Waals surface area contributed by atoms with Crippen LogP contribution >= 0.6 is 0 Å². The lowest BCUT2D eigenvalue weighted by Crippen LogP contribution is -1.94. The highest BCUT2D eigenvalue weighted by Gasteiger charge is 2.03. The highest BCUT2D eigenvalue weighted by molar-refractivity contribution is 5.22. The molecule has 0 aliphatic heterocycles. The van der Waals surface area contributed by atoms with E-state index in [1.165, 1.54) is 6.20 Å². The molecule has 0 aromatic carbocycles. The van der Waals surface area contributed by atoms with Crippen LogP contribution in [-0.4, -0.2) is 4.98 Å². The van der Waals surface area contributed by atoms with Crippen LogP contribution in [0.3, 0.4) is 0 Å². The molecule has 0 atom stereocenters. The van der Waals surface area contributed by atoms with Gasteiger partial charge in [-0.15, -0.1) is 0 Å². The molecule has 0 aliphatic rings. The number of pyridine rings is 1. The van der Waals surface area contributed by atoms with Gasteiger partial charge in [-0.05, 0) is 24.1 Å². The minimum atomic E-state index is -0.567. The van der Waals surface area contributed by atoms with Gasteiger partial charge in [0.05, 0.1) is 6.54 Å². The molecule has 4 nitrogen and oxygen atoms in total. The molecular formula is C7H7FN4. The molecule has 1 heterocycles. The van der Waals surface area contributed by atoms with Crippen molar-refractivity contribution in [1.29, 1.82) is 0 Å². The van der Waals surface area contributed by atoms with Gasteiger partial charge in [0.25, 0.3) is 0 Å². The van der Waals surface area contributed by atoms with Crippen molar-refractivity contribution in [3.63, 3.8) is 0 Å². The highest BCUT2D eigenvalue weighted by atomic mass is 19.1. The molecule has 0 unspecified atom stereocenters. The van der Waals surface area contributed by atoms with E-state index in [2.05, 4.69) is 15.0 Å². The molecule has 5 heteroatoms. The molecule has 62 valence electrons. The van der Waals surface area contributed by atoms with Gasteiger partial charge in [0.2, 0.25) is 5.95 Å². The fraction of sp³-hybridized carbons (Fsp3) is 0.286. The number of azide groups is 1. The molecule has 0 fully saturated rings. The van der Waals surface area contributed by atoms with E-state index in [4.69, 9.17) is 5.53 Å². The molecule has 0 N–H and O–H groups in total. The lowest BCUT2D eigenvalue weighted by Gasteiger charge is -2.00. The van der Waals surface area contributed by atoms with E-state index in [0.717, 1.165) is 5.56 Å². The lowest BCUT2D eigenvalue weighted by atomic mass is 10.1. The van der Waals surface area contributed by atoms with Crippen molar-refractivity contribution in [2.45, 2.75) is 13.5 Å². The average Bonchev–Trinajstić information content (AvgIpc) is 2.04. The van der Waals surface area contributed by atoms with Gasteiger partial charge in [-0.25, -0.2) is 4.98 Å². The van der Waals surface area contributed by atoms with Crippen LogP contribution in [0, 0.1) is 12.9 Å². The molecule has 0 amide bonds. The van der Waals surface area contributed by atoms with Crippen LogP contribution in [0.2, 0.25) is 0 Å². The molecule has 0 bridgehead atoms. The smallest absolute Gasteiger partial charge is 0.216 e. The predicted octanol–water partition coefficient (Wildman–Crippen LogP) is 2.34. The normalized spacial score (nSPS) is 9.17. The molecule has 0 saturated carbocycles. The second-order valence-corrected chi connectivity index (χ2v) is 2.29. The predicted molar refractivity (Wildman–Crippen MR) is 41.8 cm³/mol. The molecule has 1 rings (SSSR count). The van der Waals surface area contributed by atoms with Crippen molar-refractivity contribution in [3.05, 3.63) is 39.8 Å². The SMILES string of the molecule is Cc1ccnc(F)c1CN=[N+]=[N-]. The van der Waals surface area contributed by atoms with Crippen LogP contribution in [-0.2, 0) is 6.54 Å². The Morgan fingerprint density at radius 3 is 3.08 bits per heavy atom. The fourth-order valence-corrected chi connectivity index (χ4v) is 0.848. The van der Waals surface area contributed by atoms with Crippen LogP contribution in [0.15, 0.2) is 17.4 Å². The van der Waals surface area contributed by atoms with Crippen LogP contribution < -0.4 is 0 Å². The molecular weight excluding hydrogens is 159 g/mol. The number of rotatable bonds is 2. The minimum Gasteiger partial charge on any atom is -0.228 e. The van der Waals surface area contributed by atoms with Gasteiger partial charge in [0.1, 0.15) is 0 Å². The Hall–Kier alpha value is -1.61. The van der Waals surface area contributed by atoms with E-state index >= 15 is 0 Å². The molecule has 0 aliphatic carbocycles. The van der Waals surface area contributed by atoms with E-state index < -0.39 is 5.95 Å². The Balaban J connectivity index is 3.03. The second-order valence-electron chi connectivity index (χ2n) is 2.29. The number of hydrogen-bond donors (Lipinski definition) is 0.